The first-order valence-corrected chi connectivity index (χ1v) is 8.33. The molecule has 2 heterocycles. The smallest absolute Gasteiger partial charge is 0.150 e. The number of halogens is 1. The predicted octanol–water partition coefficient (Wildman–Crippen LogP) is 3.75. The summed E-state index contributed by atoms with van der Waals surface area (Å²) in [7, 11) is 0. The van der Waals surface area contributed by atoms with E-state index in [1.165, 1.54) is 29.5 Å². The minimum absolute atomic E-state index is 0.669. The largest absolute Gasteiger partial charge is 0.352 e. The van der Waals surface area contributed by atoms with E-state index < -0.39 is 0 Å². The van der Waals surface area contributed by atoms with Crippen LogP contribution in [0.3, 0.4) is 0 Å². The summed E-state index contributed by atoms with van der Waals surface area (Å²) >= 11 is 5.32. The standard InChI is InChI=1S/C13H16BrN3S/c1-9-7-18-12-11(9)15-8-16-13(12)17(6-5-14)10-3-2-4-10/h7-8,10H,2-6H2,1H3. The van der Waals surface area contributed by atoms with Gasteiger partial charge < -0.3 is 4.90 Å². The number of aryl methyl sites for hydroxylation is 1. The molecule has 0 atom stereocenters. The van der Waals surface area contributed by atoms with Crippen molar-refractivity contribution in [1.82, 2.24) is 9.97 Å². The number of thiophene rings is 1. The molecule has 0 radical (unpaired) electrons. The lowest BCUT2D eigenvalue weighted by molar-refractivity contribution is 0.390. The molecule has 0 bridgehead atoms. The number of hydrogen-bond donors (Lipinski definition) is 0. The van der Waals surface area contributed by atoms with E-state index in [0.29, 0.717) is 6.04 Å². The van der Waals surface area contributed by atoms with Crippen LogP contribution in [-0.2, 0) is 0 Å². The highest BCUT2D eigenvalue weighted by Gasteiger charge is 2.27. The van der Waals surface area contributed by atoms with Crippen LogP contribution in [0.25, 0.3) is 10.2 Å². The van der Waals surface area contributed by atoms with Gasteiger partial charge in [0.25, 0.3) is 0 Å². The van der Waals surface area contributed by atoms with Crippen LogP contribution < -0.4 is 4.90 Å². The number of alkyl halides is 1. The summed E-state index contributed by atoms with van der Waals surface area (Å²) in [5.41, 5.74) is 2.37. The molecule has 96 valence electrons. The number of aromatic nitrogens is 2. The van der Waals surface area contributed by atoms with Crippen LogP contribution in [0.1, 0.15) is 24.8 Å². The Balaban J connectivity index is 2.04. The Morgan fingerprint density at radius 3 is 2.94 bits per heavy atom. The molecule has 18 heavy (non-hydrogen) atoms. The number of fused-ring (bicyclic) bond motifs is 1. The van der Waals surface area contributed by atoms with E-state index in [-0.39, 0.29) is 0 Å². The molecule has 0 unspecified atom stereocenters. The van der Waals surface area contributed by atoms with Crippen molar-refractivity contribution >= 4 is 43.3 Å². The molecule has 0 spiro atoms. The van der Waals surface area contributed by atoms with Gasteiger partial charge in [0.1, 0.15) is 12.1 Å². The number of anilines is 1. The van der Waals surface area contributed by atoms with Crippen molar-refractivity contribution in [3.05, 3.63) is 17.3 Å². The summed E-state index contributed by atoms with van der Waals surface area (Å²) in [5.74, 6) is 1.13. The fraction of sp³-hybridized carbons (Fsp3) is 0.538. The van der Waals surface area contributed by atoms with Gasteiger partial charge in [-0.3, -0.25) is 0 Å². The van der Waals surface area contributed by atoms with Gasteiger partial charge in [-0.1, -0.05) is 15.9 Å². The van der Waals surface area contributed by atoms with Crippen molar-refractivity contribution in [1.29, 1.82) is 0 Å². The van der Waals surface area contributed by atoms with Crippen LogP contribution in [0.4, 0.5) is 5.82 Å². The first-order valence-electron chi connectivity index (χ1n) is 6.32. The van der Waals surface area contributed by atoms with Gasteiger partial charge in [-0.05, 0) is 37.1 Å². The van der Waals surface area contributed by atoms with Crippen molar-refractivity contribution in [3.8, 4) is 0 Å². The molecule has 0 N–H and O–H groups in total. The van der Waals surface area contributed by atoms with Gasteiger partial charge >= 0.3 is 0 Å². The predicted molar refractivity (Wildman–Crippen MR) is 80.9 cm³/mol. The average Bonchev–Trinajstić information content (AvgIpc) is 2.69. The quantitative estimate of drug-likeness (QED) is 0.801. The molecule has 2 aromatic heterocycles. The summed E-state index contributed by atoms with van der Waals surface area (Å²) in [6.07, 6.45) is 5.64. The highest BCUT2D eigenvalue weighted by Crippen LogP contribution is 2.35. The first-order chi connectivity index (χ1) is 8.81. The van der Waals surface area contributed by atoms with Crippen molar-refractivity contribution in [2.45, 2.75) is 32.2 Å². The van der Waals surface area contributed by atoms with Gasteiger partial charge in [0, 0.05) is 17.9 Å². The fourth-order valence-corrected chi connectivity index (χ4v) is 3.80. The minimum atomic E-state index is 0.669. The summed E-state index contributed by atoms with van der Waals surface area (Å²) in [6, 6.07) is 0.669. The van der Waals surface area contributed by atoms with Gasteiger partial charge in [-0.2, -0.15) is 0 Å². The second-order valence-corrected chi connectivity index (χ2v) is 6.43. The molecule has 1 saturated carbocycles. The zero-order valence-corrected chi connectivity index (χ0v) is 12.8. The van der Waals surface area contributed by atoms with Crippen LogP contribution >= 0.6 is 27.3 Å². The monoisotopic (exact) mass is 325 g/mol. The van der Waals surface area contributed by atoms with Crippen LogP contribution in [0.15, 0.2) is 11.7 Å². The van der Waals surface area contributed by atoms with Gasteiger partial charge in [-0.15, -0.1) is 11.3 Å². The topological polar surface area (TPSA) is 29.0 Å². The summed E-state index contributed by atoms with van der Waals surface area (Å²) in [6.45, 7) is 3.14. The van der Waals surface area contributed by atoms with Crippen LogP contribution in [0.2, 0.25) is 0 Å². The van der Waals surface area contributed by atoms with Crippen molar-refractivity contribution < 1.29 is 0 Å². The van der Waals surface area contributed by atoms with Gasteiger partial charge in [0.05, 0.1) is 10.2 Å². The Bertz CT molecular complexity index is 550. The van der Waals surface area contributed by atoms with E-state index in [1.807, 2.05) is 0 Å². The minimum Gasteiger partial charge on any atom is -0.352 e. The lowest BCUT2D eigenvalue weighted by atomic mass is 9.91. The molecule has 2 aromatic rings. The molecule has 1 fully saturated rings. The molecule has 0 amide bonds. The van der Waals surface area contributed by atoms with E-state index in [9.17, 15) is 0 Å². The SMILES string of the molecule is Cc1csc2c(N(CCBr)C3CCC3)ncnc12. The average molecular weight is 326 g/mol. The molecule has 0 saturated heterocycles. The van der Waals surface area contributed by atoms with Crippen LogP contribution in [0, 0.1) is 6.92 Å². The van der Waals surface area contributed by atoms with Crippen molar-refractivity contribution in [3.63, 3.8) is 0 Å². The fourth-order valence-electron chi connectivity index (χ4n) is 2.41. The highest BCUT2D eigenvalue weighted by atomic mass is 79.9. The molecule has 0 aromatic carbocycles. The second-order valence-electron chi connectivity index (χ2n) is 4.76. The van der Waals surface area contributed by atoms with Crippen molar-refractivity contribution in [2.75, 3.05) is 16.8 Å². The maximum atomic E-state index is 4.55. The zero-order chi connectivity index (χ0) is 12.5. The van der Waals surface area contributed by atoms with Gasteiger partial charge in [-0.25, -0.2) is 9.97 Å². The lowest BCUT2D eigenvalue weighted by Gasteiger charge is -2.38. The Labute approximate surface area is 119 Å². The summed E-state index contributed by atoms with van der Waals surface area (Å²) in [5, 5.41) is 3.16. The van der Waals surface area contributed by atoms with E-state index in [4.69, 9.17) is 0 Å². The lowest BCUT2D eigenvalue weighted by Crippen LogP contribution is -2.42. The molecule has 1 aliphatic carbocycles. The third-order valence-corrected chi connectivity index (χ3v) is 5.06. The van der Waals surface area contributed by atoms with Crippen LogP contribution in [-0.4, -0.2) is 27.9 Å². The van der Waals surface area contributed by atoms with E-state index in [2.05, 4.69) is 43.1 Å². The molecule has 0 aliphatic heterocycles. The Kier molecular flexibility index (Phi) is 3.52. The molecule has 3 rings (SSSR count). The number of hydrogen-bond acceptors (Lipinski definition) is 4. The van der Waals surface area contributed by atoms with E-state index in [0.717, 1.165) is 23.2 Å². The molecule has 3 nitrogen and oxygen atoms in total. The highest BCUT2D eigenvalue weighted by molar-refractivity contribution is 9.09. The normalized spacial score (nSPS) is 15.9. The zero-order valence-electron chi connectivity index (χ0n) is 10.4. The summed E-state index contributed by atoms with van der Waals surface area (Å²) in [4.78, 5) is 11.4. The third-order valence-electron chi connectivity index (χ3n) is 3.63. The number of nitrogens with zero attached hydrogens (tertiary/aromatic N) is 3. The Hall–Kier alpha value is -0.680. The maximum Gasteiger partial charge on any atom is 0.150 e. The Morgan fingerprint density at radius 1 is 1.44 bits per heavy atom. The first kappa shape index (κ1) is 12.4. The van der Waals surface area contributed by atoms with Gasteiger partial charge in [0.2, 0.25) is 0 Å². The number of rotatable bonds is 4. The molecular formula is C13H16BrN3S. The second kappa shape index (κ2) is 5.13. The van der Waals surface area contributed by atoms with Crippen molar-refractivity contribution in [2.24, 2.45) is 0 Å². The third kappa shape index (κ3) is 2.03. The van der Waals surface area contributed by atoms with Gasteiger partial charge in [0.15, 0.2) is 0 Å². The summed E-state index contributed by atoms with van der Waals surface area (Å²) < 4.78 is 1.24. The van der Waals surface area contributed by atoms with Crippen LogP contribution in [0.5, 0.6) is 0 Å². The maximum absolute atomic E-state index is 4.55. The van der Waals surface area contributed by atoms with E-state index >= 15 is 0 Å². The molecule has 5 heteroatoms. The molecular weight excluding hydrogens is 310 g/mol. The Morgan fingerprint density at radius 2 is 2.28 bits per heavy atom. The molecule has 1 aliphatic rings. The van der Waals surface area contributed by atoms with E-state index in [1.54, 1.807) is 17.7 Å².